The number of nitrogens with zero attached hydrogens (tertiary/aromatic N) is 3. The number of imide groups is 1. The van der Waals surface area contributed by atoms with Crippen LogP contribution in [0.25, 0.3) is 11.7 Å². The van der Waals surface area contributed by atoms with Gasteiger partial charge in [0, 0.05) is 19.3 Å². The third-order valence-corrected chi connectivity index (χ3v) is 6.60. The zero-order valence-electron chi connectivity index (χ0n) is 18.1. The Kier molecular flexibility index (Phi) is 6.16. The summed E-state index contributed by atoms with van der Waals surface area (Å²) in [6, 6.07) is 10.8. The molecule has 0 aliphatic carbocycles. The molecule has 174 valence electrons. The second kappa shape index (κ2) is 9.40. The van der Waals surface area contributed by atoms with Crippen LogP contribution in [-0.2, 0) is 16.1 Å². The number of nitrogens with one attached hydrogen (secondary N) is 1. The molecule has 2 aromatic heterocycles. The number of carbonyl (C=O) groups is 2. The van der Waals surface area contributed by atoms with Crippen molar-refractivity contribution in [3.05, 3.63) is 80.9 Å². The summed E-state index contributed by atoms with van der Waals surface area (Å²) in [6.07, 6.45) is 4.94. The smallest absolute Gasteiger partial charge is 0.293 e. The minimum absolute atomic E-state index is 0.0152. The summed E-state index contributed by atoms with van der Waals surface area (Å²) in [5.41, 5.74) is 0.917. The van der Waals surface area contributed by atoms with E-state index in [0.717, 1.165) is 29.5 Å². The summed E-state index contributed by atoms with van der Waals surface area (Å²) in [5, 5.41) is 2.74. The Morgan fingerprint density at radius 1 is 1.18 bits per heavy atom. The van der Waals surface area contributed by atoms with E-state index in [1.54, 1.807) is 24.4 Å². The standard InChI is InChI=1S/C24H21FN4O4S/c25-16-8-6-15(7-9-16)14-29-23(31)19(34-24(29)32)12-18-21(26-13-17-4-3-11-33-17)27-20-5-1-2-10-28(20)22(18)30/h1-2,5-10,12,17,26H,3-4,11,13-14H2/b19-12-/t17-/m0/s1. The van der Waals surface area contributed by atoms with Crippen molar-refractivity contribution in [2.75, 3.05) is 18.5 Å². The highest BCUT2D eigenvalue weighted by molar-refractivity contribution is 8.18. The minimum atomic E-state index is -0.512. The first-order chi connectivity index (χ1) is 16.5. The molecule has 4 heterocycles. The predicted octanol–water partition coefficient (Wildman–Crippen LogP) is 3.66. The third-order valence-electron chi connectivity index (χ3n) is 5.69. The van der Waals surface area contributed by atoms with Crippen LogP contribution < -0.4 is 10.9 Å². The van der Waals surface area contributed by atoms with Gasteiger partial charge in [-0.25, -0.2) is 9.37 Å². The van der Waals surface area contributed by atoms with Crippen molar-refractivity contribution in [3.8, 4) is 0 Å². The van der Waals surface area contributed by atoms with Gasteiger partial charge >= 0.3 is 0 Å². The maximum atomic E-state index is 13.3. The zero-order valence-corrected chi connectivity index (χ0v) is 18.9. The Morgan fingerprint density at radius 2 is 2.00 bits per heavy atom. The summed E-state index contributed by atoms with van der Waals surface area (Å²) >= 11 is 0.761. The summed E-state index contributed by atoms with van der Waals surface area (Å²) in [7, 11) is 0. The van der Waals surface area contributed by atoms with Gasteiger partial charge in [-0.2, -0.15) is 0 Å². The quantitative estimate of drug-likeness (QED) is 0.538. The molecule has 2 amide bonds. The van der Waals surface area contributed by atoms with Gasteiger partial charge in [0.15, 0.2) is 0 Å². The molecule has 8 nitrogen and oxygen atoms in total. The fraction of sp³-hybridized carbons (Fsp3) is 0.250. The fourth-order valence-corrected chi connectivity index (χ4v) is 4.74. The van der Waals surface area contributed by atoms with E-state index in [9.17, 15) is 18.8 Å². The number of aromatic nitrogens is 2. The molecular weight excluding hydrogens is 459 g/mol. The van der Waals surface area contributed by atoms with Crippen molar-refractivity contribution in [2.45, 2.75) is 25.5 Å². The van der Waals surface area contributed by atoms with Gasteiger partial charge in [-0.1, -0.05) is 18.2 Å². The van der Waals surface area contributed by atoms with Crippen molar-refractivity contribution in [1.82, 2.24) is 14.3 Å². The Balaban J connectivity index is 1.48. The van der Waals surface area contributed by atoms with E-state index >= 15 is 0 Å². The van der Waals surface area contributed by atoms with E-state index in [0.29, 0.717) is 30.2 Å². The highest BCUT2D eigenvalue weighted by Crippen LogP contribution is 2.33. The van der Waals surface area contributed by atoms with Crippen LogP contribution in [0.3, 0.4) is 0 Å². The van der Waals surface area contributed by atoms with Gasteiger partial charge in [0.05, 0.1) is 23.1 Å². The van der Waals surface area contributed by atoms with E-state index in [1.165, 1.54) is 34.7 Å². The maximum absolute atomic E-state index is 13.3. The molecule has 0 saturated carbocycles. The second-order valence-corrected chi connectivity index (χ2v) is 9.01. The molecule has 0 spiro atoms. The van der Waals surface area contributed by atoms with Gasteiger partial charge in [0.25, 0.3) is 16.7 Å². The highest BCUT2D eigenvalue weighted by atomic mass is 32.2. The van der Waals surface area contributed by atoms with E-state index in [2.05, 4.69) is 10.3 Å². The van der Waals surface area contributed by atoms with Crippen molar-refractivity contribution >= 4 is 40.4 Å². The number of rotatable bonds is 6. The molecule has 2 fully saturated rings. The number of ether oxygens (including phenoxy) is 1. The number of carbonyl (C=O) groups excluding carboxylic acids is 2. The largest absolute Gasteiger partial charge is 0.376 e. The molecule has 2 aliphatic heterocycles. The average Bonchev–Trinajstić information content (AvgIpc) is 3.45. The summed E-state index contributed by atoms with van der Waals surface area (Å²) in [5.74, 6) is -0.580. The molecule has 2 saturated heterocycles. The van der Waals surface area contributed by atoms with Crippen molar-refractivity contribution in [2.24, 2.45) is 0 Å². The van der Waals surface area contributed by atoms with Gasteiger partial charge in [-0.15, -0.1) is 0 Å². The van der Waals surface area contributed by atoms with Crippen LogP contribution in [0, 0.1) is 5.82 Å². The lowest BCUT2D eigenvalue weighted by Crippen LogP contribution is -2.27. The van der Waals surface area contributed by atoms with Gasteiger partial charge in [0.1, 0.15) is 17.3 Å². The summed E-state index contributed by atoms with van der Waals surface area (Å²) < 4.78 is 20.2. The SMILES string of the molecule is O=C1S/C(=C\c2c(NC[C@@H]3CCCO3)nc3ccccn3c2=O)C(=O)N1Cc1ccc(F)cc1. The lowest BCUT2D eigenvalue weighted by atomic mass is 10.2. The molecule has 0 bridgehead atoms. The van der Waals surface area contributed by atoms with Crippen LogP contribution in [0.4, 0.5) is 15.0 Å². The van der Waals surface area contributed by atoms with Gasteiger partial charge in [-0.3, -0.25) is 23.7 Å². The average molecular weight is 481 g/mol. The lowest BCUT2D eigenvalue weighted by Gasteiger charge is -2.14. The second-order valence-electron chi connectivity index (χ2n) is 8.02. The molecule has 0 radical (unpaired) electrons. The number of amides is 2. The van der Waals surface area contributed by atoms with Gasteiger partial charge < -0.3 is 10.1 Å². The number of hydrogen-bond acceptors (Lipinski definition) is 7. The van der Waals surface area contributed by atoms with Crippen molar-refractivity contribution in [1.29, 1.82) is 0 Å². The van der Waals surface area contributed by atoms with E-state index in [-0.39, 0.29) is 28.7 Å². The van der Waals surface area contributed by atoms with Crippen LogP contribution in [0.15, 0.2) is 58.4 Å². The van der Waals surface area contributed by atoms with Crippen molar-refractivity contribution < 1.29 is 18.7 Å². The maximum Gasteiger partial charge on any atom is 0.293 e. The fourth-order valence-electron chi connectivity index (χ4n) is 3.92. The molecule has 3 aromatic rings. The molecule has 1 atom stereocenters. The molecule has 2 aliphatic rings. The van der Waals surface area contributed by atoms with E-state index in [4.69, 9.17) is 4.74 Å². The first-order valence-corrected chi connectivity index (χ1v) is 11.7. The molecule has 5 rings (SSSR count). The predicted molar refractivity (Wildman–Crippen MR) is 127 cm³/mol. The number of pyridine rings is 1. The van der Waals surface area contributed by atoms with Crippen LogP contribution in [0.5, 0.6) is 0 Å². The molecule has 0 unspecified atom stereocenters. The normalized spacial score (nSPS) is 19.5. The summed E-state index contributed by atoms with van der Waals surface area (Å²) in [6.45, 7) is 1.19. The van der Waals surface area contributed by atoms with Crippen LogP contribution in [0.1, 0.15) is 24.0 Å². The first-order valence-electron chi connectivity index (χ1n) is 10.9. The zero-order chi connectivity index (χ0) is 23.7. The number of fused-ring (bicyclic) bond motifs is 1. The van der Waals surface area contributed by atoms with Crippen LogP contribution >= 0.6 is 11.8 Å². The monoisotopic (exact) mass is 480 g/mol. The van der Waals surface area contributed by atoms with Crippen LogP contribution in [-0.4, -0.2) is 44.7 Å². The number of hydrogen-bond donors (Lipinski definition) is 1. The van der Waals surface area contributed by atoms with E-state index in [1.807, 2.05) is 0 Å². The number of thioether (sulfide) groups is 1. The Labute approximate surface area is 198 Å². The van der Waals surface area contributed by atoms with Gasteiger partial charge in [-0.05, 0) is 60.5 Å². The molecule has 10 heteroatoms. The Bertz CT molecular complexity index is 1350. The molecular formula is C24H21FN4O4S. The highest BCUT2D eigenvalue weighted by Gasteiger charge is 2.35. The van der Waals surface area contributed by atoms with Gasteiger partial charge in [0.2, 0.25) is 0 Å². The topological polar surface area (TPSA) is 93.0 Å². The Morgan fingerprint density at radius 3 is 2.76 bits per heavy atom. The van der Waals surface area contributed by atoms with Crippen LogP contribution in [0.2, 0.25) is 0 Å². The third kappa shape index (κ3) is 4.46. The minimum Gasteiger partial charge on any atom is -0.376 e. The lowest BCUT2D eigenvalue weighted by molar-refractivity contribution is -0.123. The molecule has 1 aromatic carbocycles. The number of anilines is 1. The number of halogens is 1. The van der Waals surface area contributed by atoms with Crippen molar-refractivity contribution in [3.63, 3.8) is 0 Å². The number of benzene rings is 1. The Hall–Kier alpha value is -3.50. The molecule has 34 heavy (non-hydrogen) atoms. The first kappa shape index (κ1) is 22.3. The molecule has 1 N–H and O–H groups in total. The van der Waals surface area contributed by atoms with E-state index < -0.39 is 17.0 Å². The summed E-state index contributed by atoms with van der Waals surface area (Å²) in [4.78, 5) is 44.6.